The second kappa shape index (κ2) is 8.61. The molecule has 0 atom stereocenters. The van der Waals surface area contributed by atoms with Gasteiger partial charge < -0.3 is 14.7 Å². The highest BCUT2D eigenvalue weighted by Gasteiger charge is 2.05. The molecule has 1 aromatic carbocycles. The maximum Gasteiger partial charge on any atom is 0.341 e. The van der Waals surface area contributed by atoms with E-state index in [0.29, 0.717) is 12.1 Å². The summed E-state index contributed by atoms with van der Waals surface area (Å²) >= 11 is 0. The van der Waals surface area contributed by atoms with Gasteiger partial charge in [0.1, 0.15) is 12.4 Å². The molecule has 0 spiro atoms. The van der Waals surface area contributed by atoms with Gasteiger partial charge in [-0.1, -0.05) is 24.2 Å². The standard InChI is InChI=1S/C17H17FN2O4/c1-2-15(20-24-10-12-3-6-14(18)7-4-12)13-5-8-16(19-9-13)23-11-17(21)22/h3-9H,2,10-11H2,1H3,(H,21,22)/b20-15+. The largest absolute Gasteiger partial charge is 0.479 e. The first-order valence-corrected chi connectivity index (χ1v) is 7.32. The van der Waals surface area contributed by atoms with Crippen LogP contribution in [0.4, 0.5) is 4.39 Å². The predicted octanol–water partition coefficient (Wildman–Crippen LogP) is 3.02. The van der Waals surface area contributed by atoms with Gasteiger partial charge in [0.15, 0.2) is 6.61 Å². The van der Waals surface area contributed by atoms with E-state index in [-0.39, 0.29) is 18.3 Å². The Bertz CT molecular complexity index is 700. The van der Waals surface area contributed by atoms with Crippen LogP contribution in [0.25, 0.3) is 0 Å². The molecule has 0 aliphatic rings. The Morgan fingerprint density at radius 1 is 1.25 bits per heavy atom. The SMILES string of the molecule is CC/C(=N\OCc1ccc(F)cc1)c1ccc(OCC(=O)O)nc1. The molecule has 0 aliphatic heterocycles. The number of rotatable bonds is 8. The molecule has 0 saturated carbocycles. The summed E-state index contributed by atoms with van der Waals surface area (Å²) in [5.41, 5.74) is 2.25. The van der Waals surface area contributed by atoms with Crippen LogP contribution in [-0.4, -0.2) is 28.4 Å². The number of hydrogen-bond acceptors (Lipinski definition) is 5. The van der Waals surface area contributed by atoms with Crippen molar-refractivity contribution in [1.29, 1.82) is 0 Å². The number of aliphatic carboxylic acids is 1. The number of carboxylic acid groups (broad SMARTS) is 1. The first-order valence-electron chi connectivity index (χ1n) is 7.32. The van der Waals surface area contributed by atoms with Crippen LogP contribution in [-0.2, 0) is 16.2 Å². The zero-order valence-corrected chi connectivity index (χ0v) is 13.1. The molecule has 2 aromatic rings. The number of hydrogen-bond donors (Lipinski definition) is 1. The van der Waals surface area contributed by atoms with E-state index in [9.17, 15) is 9.18 Å². The van der Waals surface area contributed by atoms with Crippen LogP contribution < -0.4 is 4.74 Å². The maximum atomic E-state index is 12.8. The van der Waals surface area contributed by atoms with Gasteiger partial charge >= 0.3 is 5.97 Å². The monoisotopic (exact) mass is 332 g/mol. The van der Waals surface area contributed by atoms with Crippen LogP contribution >= 0.6 is 0 Å². The van der Waals surface area contributed by atoms with Crippen LogP contribution in [0.2, 0.25) is 0 Å². The molecule has 0 bridgehead atoms. The highest BCUT2D eigenvalue weighted by atomic mass is 19.1. The summed E-state index contributed by atoms with van der Waals surface area (Å²) in [7, 11) is 0. The van der Waals surface area contributed by atoms with Crippen LogP contribution in [0.15, 0.2) is 47.8 Å². The van der Waals surface area contributed by atoms with Crippen molar-refractivity contribution in [3.05, 3.63) is 59.5 Å². The van der Waals surface area contributed by atoms with Crippen LogP contribution in [0.3, 0.4) is 0 Å². The van der Waals surface area contributed by atoms with E-state index in [1.165, 1.54) is 12.1 Å². The number of nitrogens with zero attached hydrogens (tertiary/aromatic N) is 2. The number of aromatic nitrogens is 1. The lowest BCUT2D eigenvalue weighted by Gasteiger charge is -2.06. The number of benzene rings is 1. The average molecular weight is 332 g/mol. The second-order valence-corrected chi connectivity index (χ2v) is 4.86. The van der Waals surface area contributed by atoms with Crippen molar-refractivity contribution < 1.29 is 23.9 Å². The Hall–Kier alpha value is -2.96. The van der Waals surface area contributed by atoms with Gasteiger partial charge in [-0.2, -0.15) is 0 Å². The topological polar surface area (TPSA) is 81.0 Å². The quantitative estimate of drug-likeness (QED) is 0.593. The van der Waals surface area contributed by atoms with Crippen molar-refractivity contribution >= 4 is 11.7 Å². The van der Waals surface area contributed by atoms with Crippen molar-refractivity contribution in [2.75, 3.05) is 6.61 Å². The Labute approximate surface area is 138 Å². The molecule has 0 fully saturated rings. The second-order valence-electron chi connectivity index (χ2n) is 4.86. The first-order chi connectivity index (χ1) is 11.6. The zero-order chi connectivity index (χ0) is 17.4. The van der Waals surface area contributed by atoms with Gasteiger partial charge in [0, 0.05) is 17.8 Å². The fourth-order valence-corrected chi connectivity index (χ4v) is 1.86. The molecule has 1 heterocycles. The lowest BCUT2D eigenvalue weighted by molar-refractivity contribution is -0.139. The summed E-state index contributed by atoms with van der Waals surface area (Å²) in [5.74, 6) is -1.14. The van der Waals surface area contributed by atoms with Crippen LogP contribution in [0, 0.1) is 5.82 Å². The lowest BCUT2D eigenvalue weighted by Crippen LogP contribution is -2.10. The van der Waals surface area contributed by atoms with Gasteiger partial charge in [0.2, 0.25) is 5.88 Å². The van der Waals surface area contributed by atoms with Gasteiger partial charge in [0.25, 0.3) is 0 Å². The number of carbonyl (C=O) groups is 1. The molecule has 126 valence electrons. The van der Waals surface area contributed by atoms with Gasteiger partial charge in [-0.15, -0.1) is 0 Å². The highest BCUT2D eigenvalue weighted by molar-refractivity contribution is 5.99. The number of pyridine rings is 1. The van der Waals surface area contributed by atoms with Crippen molar-refractivity contribution in [1.82, 2.24) is 4.98 Å². The number of oxime groups is 1. The summed E-state index contributed by atoms with van der Waals surface area (Å²) < 4.78 is 17.8. The summed E-state index contributed by atoms with van der Waals surface area (Å²) in [5, 5.41) is 12.6. The molecule has 24 heavy (non-hydrogen) atoms. The predicted molar refractivity (Wildman–Crippen MR) is 85.4 cm³/mol. The molecule has 0 saturated heterocycles. The summed E-state index contributed by atoms with van der Waals surface area (Å²) in [6, 6.07) is 9.29. The van der Waals surface area contributed by atoms with E-state index in [1.807, 2.05) is 6.92 Å². The van der Waals surface area contributed by atoms with E-state index in [1.54, 1.807) is 30.5 Å². The zero-order valence-electron chi connectivity index (χ0n) is 13.1. The molecular weight excluding hydrogens is 315 g/mol. The van der Waals surface area contributed by atoms with Gasteiger partial charge in [0.05, 0.1) is 5.71 Å². The fraction of sp³-hybridized carbons (Fsp3) is 0.235. The van der Waals surface area contributed by atoms with Crippen LogP contribution in [0.1, 0.15) is 24.5 Å². The molecule has 0 unspecified atom stereocenters. The molecule has 6 nitrogen and oxygen atoms in total. The average Bonchev–Trinajstić information content (AvgIpc) is 2.59. The number of halogens is 1. The van der Waals surface area contributed by atoms with E-state index in [0.717, 1.165) is 11.1 Å². The van der Waals surface area contributed by atoms with E-state index >= 15 is 0 Å². The Balaban J connectivity index is 1.96. The maximum absolute atomic E-state index is 12.8. The van der Waals surface area contributed by atoms with Crippen molar-refractivity contribution in [3.8, 4) is 5.88 Å². The smallest absolute Gasteiger partial charge is 0.341 e. The molecule has 2 rings (SSSR count). The third-order valence-electron chi connectivity index (χ3n) is 3.07. The minimum absolute atomic E-state index is 0.226. The molecule has 0 aliphatic carbocycles. The molecule has 1 N–H and O–H groups in total. The van der Waals surface area contributed by atoms with Gasteiger partial charge in [-0.05, 0) is 30.2 Å². The Kier molecular flexibility index (Phi) is 6.24. The third kappa shape index (κ3) is 5.35. The first kappa shape index (κ1) is 17.4. The summed E-state index contributed by atoms with van der Waals surface area (Å²) in [6.07, 6.45) is 2.17. The van der Waals surface area contributed by atoms with E-state index in [4.69, 9.17) is 14.7 Å². The molecule has 0 radical (unpaired) electrons. The fourth-order valence-electron chi connectivity index (χ4n) is 1.86. The van der Waals surface area contributed by atoms with Crippen molar-refractivity contribution in [2.45, 2.75) is 20.0 Å². The normalized spacial score (nSPS) is 11.2. The summed E-state index contributed by atoms with van der Waals surface area (Å²) in [4.78, 5) is 19.8. The lowest BCUT2D eigenvalue weighted by atomic mass is 10.1. The van der Waals surface area contributed by atoms with Gasteiger partial charge in [-0.3, -0.25) is 0 Å². The minimum atomic E-state index is -1.06. The van der Waals surface area contributed by atoms with E-state index < -0.39 is 12.6 Å². The highest BCUT2D eigenvalue weighted by Crippen LogP contribution is 2.11. The van der Waals surface area contributed by atoms with Crippen LogP contribution in [0.5, 0.6) is 5.88 Å². The molecule has 0 amide bonds. The number of ether oxygens (including phenoxy) is 1. The molecule has 7 heteroatoms. The molecule has 1 aromatic heterocycles. The number of carboxylic acids is 1. The van der Waals surface area contributed by atoms with Crippen molar-refractivity contribution in [3.63, 3.8) is 0 Å². The third-order valence-corrected chi connectivity index (χ3v) is 3.07. The van der Waals surface area contributed by atoms with E-state index in [2.05, 4.69) is 10.1 Å². The minimum Gasteiger partial charge on any atom is -0.479 e. The Morgan fingerprint density at radius 2 is 2.00 bits per heavy atom. The molecular formula is C17H17FN2O4. The Morgan fingerprint density at radius 3 is 2.58 bits per heavy atom. The van der Waals surface area contributed by atoms with Gasteiger partial charge in [-0.25, -0.2) is 14.2 Å². The summed E-state index contributed by atoms with van der Waals surface area (Å²) in [6.45, 7) is 1.72. The van der Waals surface area contributed by atoms with Crippen molar-refractivity contribution in [2.24, 2.45) is 5.16 Å².